The molecule has 0 saturated heterocycles. The molecule has 2 aromatic rings. The number of ether oxygens (including phenoxy) is 3. The number of benzene rings is 1. The molecule has 1 aromatic carbocycles. The summed E-state index contributed by atoms with van der Waals surface area (Å²) in [7, 11) is 0. The van der Waals surface area contributed by atoms with Gasteiger partial charge in [0, 0.05) is 11.6 Å². The largest absolute Gasteiger partial charge is 0.490 e. The van der Waals surface area contributed by atoms with Gasteiger partial charge in [-0.05, 0) is 44.2 Å². The number of allylic oxidation sites excluding steroid dienone is 1. The van der Waals surface area contributed by atoms with Gasteiger partial charge in [0.2, 0.25) is 0 Å². The fourth-order valence-electron chi connectivity index (χ4n) is 1.51. The summed E-state index contributed by atoms with van der Waals surface area (Å²) >= 11 is 1.47. The summed E-state index contributed by atoms with van der Waals surface area (Å²) in [6.07, 6.45) is 3.76. The minimum absolute atomic E-state index is 0.479. The molecule has 0 N–H and O–H groups in total. The fourth-order valence-corrected chi connectivity index (χ4v) is 2.02. The summed E-state index contributed by atoms with van der Waals surface area (Å²) < 4.78 is 16.6. The third-order valence-corrected chi connectivity index (χ3v) is 3.24. The SMILES string of the molecule is CC(C)=CCOc1ccc(OCCOc2nccs2)cc1. The zero-order chi connectivity index (χ0) is 14.9. The number of thiazole rings is 1. The van der Waals surface area contributed by atoms with Gasteiger partial charge in [0.15, 0.2) is 0 Å². The van der Waals surface area contributed by atoms with E-state index in [0.717, 1.165) is 11.5 Å². The molecule has 0 fully saturated rings. The molecule has 2 rings (SSSR count). The predicted molar refractivity (Wildman–Crippen MR) is 84.5 cm³/mol. The summed E-state index contributed by atoms with van der Waals surface area (Å²) in [4.78, 5) is 4.03. The normalized spacial score (nSPS) is 10.0. The van der Waals surface area contributed by atoms with Crippen molar-refractivity contribution in [2.75, 3.05) is 19.8 Å². The number of aromatic nitrogens is 1. The second-order valence-electron chi connectivity index (χ2n) is 4.56. The molecule has 1 aromatic heterocycles. The van der Waals surface area contributed by atoms with E-state index >= 15 is 0 Å². The van der Waals surface area contributed by atoms with Crippen LogP contribution in [-0.2, 0) is 0 Å². The maximum atomic E-state index is 5.59. The highest BCUT2D eigenvalue weighted by atomic mass is 32.1. The maximum Gasteiger partial charge on any atom is 0.273 e. The van der Waals surface area contributed by atoms with E-state index in [9.17, 15) is 0 Å². The van der Waals surface area contributed by atoms with Crippen LogP contribution in [0.2, 0.25) is 0 Å². The van der Waals surface area contributed by atoms with Crippen LogP contribution in [0.25, 0.3) is 0 Å². The van der Waals surface area contributed by atoms with Gasteiger partial charge in [0.05, 0.1) is 0 Å². The minimum Gasteiger partial charge on any atom is -0.490 e. The monoisotopic (exact) mass is 305 g/mol. The summed E-state index contributed by atoms with van der Waals surface area (Å²) in [6, 6.07) is 7.58. The van der Waals surface area contributed by atoms with Gasteiger partial charge in [-0.2, -0.15) is 0 Å². The number of hydrogen-bond donors (Lipinski definition) is 0. The standard InChI is InChI=1S/C16H19NO3S/c1-13(2)7-9-18-14-3-5-15(6-4-14)19-10-11-20-16-17-8-12-21-16/h3-8,12H,9-11H2,1-2H3. The van der Waals surface area contributed by atoms with E-state index in [1.165, 1.54) is 16.9 Å². The van der Waals surface area contributed by atoms with Crippen molar-refractivity contribution in [1.29, 1.82) is 0 Å². The molecule has 0 bridgehead atoms. The first-order valence-electron chi connectivity index (χ1n) is 6.75. The Morgan fingerprint density at radius 2 is 1.71 bits per heavy atom. The lowest BCUT2D eigenvalue weighted by molar-refractivity contribution is 0.216. The number of hydrogen-bond acceptors (Lipinski definition) is 5. The van der Waals surface area contributed by atoms with E-state index in [1.54, 1.807) is 6.20 Å². The second-order valence-corrected chi connectivity index (χ2v) is 5.42. The van der Waals surface area contributed by atoms with Gasteiger partial charge in [-0.25, -0.2) is 4.98 Å². The fraction of sp³-hybridized carbons (Fsp3) is 0.312. The Hall–Kier alpha value is -2.01. The average Bonchev–Trinajstić information content (AvgIpc) is 2.98. The molecule has 0 unspecified atom stereocenters. The van der Waals surface area contributed by atoms with Crippen molar-refractivity contribution in [2.24, 2.45) is 0 Å². The van der Waals surface area contributed by atoms with Crippen molar-refractivity contribution in [3.05, 3.63) is 47.5 Å². The third-order valence-electron chi connectivity index (χ3n) is 2.55. The lowest BCUT2D eigenvalue weighted by atomic mass is 10.3. The Morgan fingerprint density at radius 3 is 2.33 bits per heavy atom. The molecule has 0 radical (unpaired) electrons. The molecule has 0 spiro atoms. The highest BCUT2D eigenvalue weighted by Crippen LogP contribution is 2.18. The van der Waals surface area contributed by atoms with Gasteiger partial charge in [-0.1, -0.05) is 16.9 Å². The van der Waals surface area contributed by atoms with E-state index in [2.05, 4.69) is 4.98 Å². The molecule has 0 aliphatic heterocycles. The van der Waals surface area contributed by atoms with E-state index in [0.29, 0.717) is 25.0 Å². The Labute approximate surface area is 129 Å². The van der Waals surface area contributed by atoms with Crippen LogP contribution >= 0.6 is 11.3 Å². The van der Waals surface area contributed by atoms with Crippen LogP contribution in [0.3, 0.4) is 0 Å². The van der Waals surface area contributed by atoms with Gasteiger partial charge in [0.25, 0.3) is 5.19 Å². The van der Waals surface area contributed by atoms with Crippen LogP contribution in [-0.4, -0.2) is 24.8 Å². The summed E-state index contributed by atoms with van der Waals surface area (Å²) in [6.45, 7) is 5.65. The quantitative estimate of drug-likeness (QED) is 0.547. The number of rotatable bonds is 8. The number of nitrogens with zero attached hydrogens (tertiary/aromatic N) is 1. The Balaban J connectivity index is 1.68. The molecule has 4 nitrogen and oxygen atoms in total. The lowest BCUT2D eigenvalue weighted by Gasteiger charge is -2.08. The highest BCUT2D eigenvalue weighted by Gasteiger charge is 1.98. The van der Waals surface area contributed by atoms with E-state index in [-0.39, 0.29) is 0 Å². The summed E-state index contributed by atoms with van der Waals surface area (Å²) in [5.74, 6) is 1.63. The Bertz CT molecular complexity index is 545. The molecule has 1 heterocycles. The molecule has 112 valence electrons. The summed E-state index contributed by atoms with van der Waals surface area (Å²) in [5, 5.41) is 2.55. The van der Waals surface area contributed by atoms with Gasteiger partial charge in [-0.3, -0.25) is 0 Å². The lowest BCUT2D eigenvalue weighted by Crippen LogP contribution is -2.08. The molecule has 0 amide bonds. The Kier molecular flexibility index (Phi) is 6.09. The Morgan fingerprint density at radius 1 is 1.05 bits per heavy atom. The van der Waals surface area contributed by atoms with E-state index < -0.39 is 0 Å². The maximum absolute atomic E-state index is 5.59. The van der Waals surface area contributed by atoms with Crippen LogP contribution in [0.5, 0.6) is 16.7 Å². The van der Waals surface area contributed by atoms with Crippen LogP contribution in [0.15, 0.2) is 47.5 Å². The zero-order valence-electron chi connectivity index (χ0n) is 12.2. The molecule has 5 heteroatoms. The molecular weight excluding hydrogens is 286 g/mol. The van der Waals surface area contributed by atoms with Crippen LogP contribution in [0, 0.1) is 0 Å². The van der Waals surface area contributed by atoms with Gasteiger partial charge in [0.1, 0.15) is 31.3 Å². The van der Waals surface area contributed by atoms with Gasteiger partial charge < -0.3 is 14.2 Å². The molecular formula is C16H19NO3S. The molecule has 0 aliphatic carbocycles. The summed E-state index contributed by atoms with van der Waals surface area (Å²) in [5.41, 5.74) is 1.25. The van der Waals surface area contributed by atoms with Gasteiger partial charge >= 0.3 is 0 Å². The second kappa shape index (κ2) is 8.32. The van der Waals surface area contributed by atoms with Crippen molar-refractivity contribution in [1.82, 2.24) is 4.98 Å². The van der Waals surface area contributed by atoms with Crippen molar-refractivity contribution < 1.29 is 14.2 Å². The van der Waals surface area contributed by atoms with Crippen molar-refractivity contribution >= 4 is 11.3 Å². The van der Waals surface area contributed by atoms with Crippen molar-refractivity contribution in [3.8, 4) is 16.7 Å². The van der Waals surface area contributed by atoms with Crippen LogP contribution in [0.1, 0.15) is 13.8 Å². The topological polar surface area (TPSA) is 40.6 Å². The smallest absolute Gasteiger partial charge is 0.273 e. The van der Waals surface area contributed by atoms with Crippen molar-refractivity contribution in [3.63, 3.8) is 0 Å². The van der Waals surface area contributed by atoms with Gasteiger partial charge in [-0.15, -0.1) is 0 Å². The highest BCUT2D eigenvalue weighted by molar-refractivity contribution is 7.11. The van der Waals surface area contributed by atoms with E-state index in [4.69, 9.17) is 14.2 Å². The first kappa shape index (κ1) is 15.4. The van der Waals surface area contributed by atoms with Crippen LogP contribution in [0.4, 0.5) is 0 Å². The molecule has 0 aliphatic rings. The van der Waals surface area contributed by atoms with E-state index in [1.807, 2.05) is 49.6 Å². The van der Waals surface area contributed by atoms with Crippen molar-refractivity contribution in [2.45, 2.75) is 13.8 Å². The third kappa shape index (κ3) is 5.87. The predicted octanol–water partition coefficient (Wildman–Crippen LogP) is 3.95. The first-order valence-corrected chi connectivity index (χ1v) is 7.63. The molecule has 21 heavy (non-hydrogen) atoms. The zero-order valence-corrected chi connectivity index (χ0v) is 13.1. The van der Waals surface area contributed by atoms with Crippen LogP contribution < -0.4 is 14.2 Å². The minimum atomic E-state index is 0.479. The average molecular weight is 305 g/mol. The first-order chi connectivity index (χ1) is 10.2. The molecule has 0 saturated carbocycles. The molecule has 0 atom stereocenters.